The van der Waals surface area contributed by atoms with Gasteiger partial charge in [-0.3, -0.25) is 9.78 Å². The second-order valence-corrected chi connectivity index (χ2v) is 5.35. The van der Waals surface area contributed by atoms with Gasteiger partial charge in [-0.15, -0.1) is 0 Å². The van der Waals surface area contributed by atoms with Gasteiger partial charge in [0, 0.05) is 25.4 Å². The zero-order valence-corrected chi connectivity index (χ0v) is 12.7. The molecule has 0 aromatic carbocycles. The summed E-state index contributed by atoms with van der Waals surface area (Å²) < 4.78 is 0. The molecule has 1 heterocycles. The Balaban J connectivity index is 2.31. The van der Waals surface area contributed by atoms with Crippen molar-refractivity contribution in [2.75, 3.05) is 6.54 Å². The Morgan fingerprint density at radius 3 is 2.85 bits per heavy atom. The zero-order valence-electron chi connectivity index (χ0n) is 12.7. The van der Waals surface area contributed by atoms with E-state index in [2.05, 4.69) is 17.2 Å². The molecular formula is C16H27N3O. The third kappa shape index (κ3) is 6.15. The minimum atomic E-state index is 0.117. The van der Waals surface area contributed by atoms with Crippen molar-refractivity contribution in [1.29, 1.82) is 0 Å². The number of hydrogen-bond donors (Lipinski definition) is 2. The topological polar surface area (TPSA) is 68.0 Å². The summed E-state index contributed by atoms with van der Waals surface area (Å²) in [5, 5.41) is 2.97. The molecule has 0 radical (unpaired) electrons. The molecule has 1 amide bonds. The summed E-state index contributed by atoms with van der Waals surface area (Å²) >= 11 is 0. The Hall–Kier alpha value is -1.42. The summed E-state index contributed by atoms with van der Waals surface area (Å²) in [6, 6.07) is 1.96. The molecule has 0 aliphatic heterocycles. The highest BCUT2D eigenvalue weighted by Gasteiger charge is 2.10. The lowest BCUT2D eigenvalue weighted by atomic mass is 9.94. The molecule has 4 nitrogen and oxygen atoms in total. The van der Waals surface area contributed by atoms with Gasteiger partial charge in [-0.25, -0.2) is 0 Å². The molecular weight excluding hydrogens is 250 g/mol. The average Bonchev–Trinajstić information content (AvgIpc) is 2.44. The summed E-state index contributed by atoms with van der Waals surface area (Å²) in [5.41, 5.74) is 7.85. The molecule has 1 unspecified atom stereocenters. The van der Waals surface area contributed by atoms with Crippen LogP contribution < -0.4 is 11.1 Å². The van der Waals surface area contributed by atoms with Crippen LogP contribution in [0.25, 0.3) is 0 Å². The van der Waals surface area contributed by atoms with E-state index >= 15 is 0 Å². The van der Waals surface area contributed by atoms with Crippen LogP contribution in [0.15, 0.2) is 18.5 Å². The Bertz CT molecular complexity index is 400. The van der Waals surface area contributed by atoms with E-state index in [0.717, 1.165) is 36.8 Å². The molecule has 20 heavy (non-hydrogen) atoms. The van der Waals surface area contributed by atoms with Gasteiger partial charge in [-0.1, -0.05) is 19.8 Å². The van der Waals surface area contributed by atoms with Crippen molar-refractivity contribution in [3.63, 3.8) is 0 Å². The number of carbonyl (C=O) groups is 1. The molecule has 1 aromatic heterocycles. The Morgan fingerprint density at radius 2 is 2.20 bits per heavy atom. The van der Waals surface area contributed by atoms with Gasteiger partial charge in [-0.2, -0.15) is 0 Å². The normalized spacial score (nSPS) is 12.2. The molecule has 0 aliphatic carbocycles. The molecule has 1 atom stereocenters. The van der Waals surface area contributed by atoms with Crippen LogP contribution in [0.4, 0.5) is 0 Å². The van der Waals surface area contributed by atoms with Gasteiger partial charge in [0.15, 0.2) is 0 Å². The lowest BCUT2D eigenvalue weighted by Gasteiger charge is -2.14. The van der Waals surface area contributed by atoms with E-state index in [-0.39, 0.29) is 5.91 Å². The van der Waals surface area contributed by atoms with Gasteiger partial charge in [0.05, 0.1) is 0 Å². The van der Waals surface area contributed by atoms with Crippen LogP contribution >= 0.6 is 0 Å². The number of rotatable bonds is 9. The van der Waals surface area contributed by atoms with Crippen molar-refractivity contribution in [2.45, 2.75) is 52.5 Å². The average molecular weight is 277 g/mol. The molecule has 0 bridgehead atoms. The largest absolute Gasteiger partial charge is 0.352 e. The Labute approximate surface area is 122 Å². The van der Waals surface area contributed by atoms with Gasteiger partial charge in [0.2, 0.25) is 5.91 Å². The predicted octanol–water partition coefficient (Wildman–Crippen LogP) is 2.55. The highest BCUT2D eigenvalue weighted by Crippen LogP contribution is 2.16. The van der Waals surface area contributed by atoms with Crippen LogP contribution in [0.3, 0.4) is 0 Å². The molecule has 1 aromatic rings. The van der Waals surface area contributed by atoms with Gasteiger partial charge < -0.3 is 11.1 Å². The number of nitrogens with two attached hydrogens (primary N) is 1. The molecule has 3 N–H and O–H groups in total. The number of amides is 1. The van der Waals surface area contributed by atoms with Crippen molar-refractivity contribution in [1.82, 2.24) is 10.3 Å². The van der Waals surface area contributed by atoms with Crippen molar-refractivity contribution in [3.8, 4) is 0 Å². The third-order valence-corrected chi connectivity index (χ3v) is 3.67. The molecule has 0 aliphatic rings. The Morgan fingerprint density at radius 1 is 1.40 bits per heavy atom. The van der Waals surface area contributed by atoms with Crippen LogP contribution in [0.2, 0.25) is 0 Å². The fourth-order valence-electron chi connectivity index (χ4n) is 2.38. The highest BCUT2D eigenvalue weighted by molar-refractivity contribution is 5.75. The van der Waals surface area contributed by atoms with E-state index in [1.54, 1.807) is 6.20 Å². The van der Waals surface area contributed by atoms with E-state index in [4.69, 9.17) is 5.73 Å². The predicted molar refractivity (Wildman–Crippen MR) is 82.1 cm³/mol. The summed E-state index contributed by atoms with van der Waals surface area (Å²) in [7, 11) is 0. The monoisotopic (exact) mass is 277 g/mol. The lowest BCUT2D eigenvalue weighted by molar-refractivity contribution is -0.121. The molecule has 0 saturated carbocycles. The first-order valence-corrected chi connectivity index (χ1v) is 7.53. The van der Waals surface area contributed by atoms with Crippen molar-refractivity contribution >= 4 is 5.91 Å². The molecule has 112 valence electrons. The first-order valence-electron chi connectivity index (χ1n) is 7.53. The van der Waals surface area contributed by atoms with Gasteiger partial charge in [0.25, 0.3) is 0 Å². The Kier molecular flexibility index (Phi) is 7.88. The van der Waals surface area contributed by atoms with E-state index in [9.17, 15) is 4.79 Å². The first-order chi connectivity index (χ1) is 9.67. The highest BCUT2D eigenvalue weighted by atomic mass is 16.1. The maximum absolute atomic E-state index is 11.9. The van der Waals surface area contributed by atoms with Crippen molar-refractivity contribution in [3.05, 3.63) is 29.6 Å². The number of aromatic nitrogens is 1. The summed E-state index contributed by atoms with van der Waals surface area (Å²) in [6.07, 6.45) is 8.43. The van der Waals surface area contributed by atoms with E-state index in [1.165, 1.54) is 0 Å². The minimum Gasteiger partial charge on any atom is -0.352 e. The van der Waals surface area contributed by atoms with Crippen LogP contribution in [0, 0.1) is 12.8 Å². The number of carbonyl (C=O) groups excluding carboxylic acids is 1. The minimum absolute atomic E-state index is 0.117. The van der Waals surface area contributed by atoms with Gasteiger partial charge >= 0.3 is 0 Å². The molecule has 4 heteroatoms. The zero-order chi connectivity index (χ0) is 14.8. The standard InChI is InChI=1S/C16H27N3O/c1-3-4-14(7-9-17)5-6-16(20)19-12-15-11-18-10-8-13(15)2/h8,10-11,14H,3-7,9,12,17H2,1-2H3,(H,19,20). The van der Waals surface area contributed by atoms with Crippen LogP contribution in [-0.4, -0.2) is 17.4 Å². The smallest absolute Gasteiger partial charge is 0.220 e. The fraction of sp³-hybridized carbons (Fsp3) is 0.625. The summed E-state index contributed by atoms with van der Waals surface area (Å²) in [5.74, 6) is 0.697. The van der Waals surface area contributed by atoms with Crippen molar-refractivity contribution < 1.29 is 4.79 Å². The molecule has 0 spiro atoms. The van der Waals surface area contributed by atoms with E-state index in [0.29, 0.717) is 25.4 Å². The number of nitrogens with one attached hydrogen (secondary N) is 1. The maximum Gasteiger partial charge on any atom is 0.220 e. The summed E-state index contributed by atoms with van der Waals surface area (Å²) in [4.78, 5) is 16.0. The molecule has 1 rings (SSSR count). The number of aryl methyl sites for hydroxylation is 1. The van der Waals surface area contributed by atoms with Crippen molar-refractivity contribution in [2.24, 2.45) is 11.7 Å². The quantitative estimate of drug-likeness (QED) is 0.729. The number of pyridine rings is 1. The molecule has 0 fully saturated rings. The van der Waals surface area contributed by atoms with E-state index < -0.39 is 0 Å². The van der Waals surface area contributed by atoms with Gasteiger partial charge in [-0.05, 0) is 49.4 Å². The fourth-order valence-corrected chi connectivity index (χ4v) is 2.38. The van der Waals surface area contributed by atoms with Crippen LogP contribution in [0.5, 0.6) is 0 Å². The molecule has 0 saturated heterocycles. The number of nitrogens with zero attached hydrogens (tertiary/aromatic N) is 1. The second-order valence-electron chi connectivity index (χ2n) is 5.35. The SMILES string of the molecule is CCCC(CCN)CCC(=O)NCc1cnccc1C. The van der Waals surface area contributed by atoms with Gasteiger partial charge in [0.1, 0.15) is 0 Å². The first kappa shape index (κ1) is 16.6. The summed E-state index contributed by atoms with van der Waals surface area (Å²) in [6.45, 7) is 5.48. The number of hydrogen-bond acceptors (Lipinski definition) is 3. The van der Waals surface area contributed by atoms with E-state index in [1.807, 2.05) is 19.2 Å². The lowest BCUT2D eigenvalue weighted by Crippen LogP contribution is -2.24. The second kappa shape index (κ2) is 9.48. The van der Waals surface area contributed by atoms with Crippen LogP contribution in [0.1, 0.15) is 50.2 Å². The van der Waals surface area contributed by atoms with Crippen LogP contribution in [-0.2, 0) is 11.3 Å². The maximum atomic E-state index is 11.9. The third-order valence-electron chi connectivity index (χ3n) is 3.67.